The lowest BCUT2D eigenvalue weighted by atomic mass is 10.0. The van der Waals surface area contributed by atoms with Crippen LogP contribution in [-0.4, -0.2) is 0 Å². The molecule has 0 aliphatic heterocycles. The lowest BCUT2D eigenvalue weighted by Crippen LogP contribution is -1.88. The smallest absolute Gasteiger partial charge is 0.131 e. The second-order valence-corrected chi connectivity index (χ2v) is 4.27. The van der Waals surface area contributed by atoms with Crippen molar-refractivity contribution in [2.24, 2.45) is 0 Å². The van der Waals surface area contributed by atoms with E-state index >= 15 is 0 Å². The Bertz CT molecular complexity index is 520. The van der Waals surface area contributed by atoms with E-state index in [1.54, 1.807) is 24.3 Å². The average molecular weight is 256 g/mol. The van der Waals surface area contributed by atoms with Crippen molar-refractivity contribution in [1.82, 2.24) is 0 Å². The summed E-state index contributed by atoms with van der Waals surface area (Å²) in [7, 11) is 0. The fourth-order valence-electron chi connectivity index (χ4n) is 1.49. The summed E-state index contributed by atoms with van der Waals surface area (Å²) >= 11 is 11.7. The number of hydrogen-bond donors (Lipinski definition) is 1. The molecule has 0 amide bonds. The molecule has 82 valence electrons. The minimum absolute atomic E-state index is 0.355. The Morgan fingerprint density at radius 1 is 0.938 bits per heavy atom. The van der Waals surface area contributed by atoms with Crippen LogP contribution in [0.25, 0.3) is 11.1 Å². The summed E-state index contributed by atoms with van der Waals surface area (Å²) in [4.78, 5) is 0. The Kier molecular flexibility index (Phi) is 3.03. The van der Waals surface area contributed by atoms with Crippen LogP contribution in [0.15, 0.2) is 36.4 Å². The highest BCUT2D eigenvalue weighted by molar-refractivity contribution is 6.31. The van der Waals surface area contributed by atoms with E-state index in [2.05, 4.69) is 0 Å². The molecule has 0 aromatic heterocycles. The zero-order chi connectivity index (χ0) is 11.7. The first-order chi connectivity index (χ1) is 7.56. The highest BCUT2D eigenvalue weighted by Crippen LogP contribution is 2.29. The number of hydrogen-bond acceptors (Lipinski definition) is 1. The van der Waals surface area contributed by atoms with Gasteiger partial charge in [-0.05, 0) is 42.0 Å². The molecule has 2 N–H and O–H groups in total. The van der Waals surface area contributed by atoms with Crippen molar-refractivity contribution in [3.8, 4) is 11.1 Å². The van der Waals surface area contributed by atoms with E-state index in [1.165, 1.54) is 12.1 Å². The Labute approximate surface area is 103 Å². The molecular weight excluding hydrogens is 248 g/mol. The summed E-state index contributed by atoms with van der Waals surface area (Å²) in [6.07, 6.45) is 0. The van der Waals surface area contributed by atoms with Crippen molar-refractivity contribution in [3.05, 3.63) is 52.3 Å². The maximum absolute atomic E-state index is 13.6. The van der Waals surface area contributed by atoms with Gasteiger partial charge in [0.2, 0.25) is 0 Å². The number of halogens is 3. The summed E-state index contributed by atoms with van der Waals surface area (Å²) in [6, 6.07) is 9.26. The summed E-state index contributed by atoms with van der Waals surface area (Å²) in [5.74, 6) is -0.355. The molecule has 2 rings (SSSR count). The Balaban J connectivity index is 2.62. The SMILES string of the molecule is Nc1cc(Cl)cc(-c2cc(Cl)ccc2F)c1. The molecule has 2 aromatic rings. The van der Waals surface area contributed by atoms with Gasteiger partial charge in [0.25, 0.3) is 0 Å². The van der Waals surface area contributed by atoms with Crippen molar-refractivity contribution >= 4 is 28.9 Å². The van der Waals surface area contributed by atoms with Crippen LogP contribution in [0.4, 0.5) is 10.1 Å². The minimum Gasteiger partial charge on any atom is -0.399 e. The number of benzene rings is 2. The molecular formula is C12H8Cl2FN. The molecule has 0 fully saturated rings. The fraction of sp³-hybridized carbons (Fsp3) is 0. The van der Waals surface area contributed by atoms with Crippen LogP contribution < -0.4 is 5.73 Å². The van der Waals surface area contributed by atoms with E-state index in [1.807, 2.05) is 0 Å². The lowest BCUT2D eigenvalue weighted by Gasteiger charge is -2.06. The predicted molar refractivity (Wildman–Crippen MR) is 66.3 cm³/mol. The summed E-state index contributed by atoms with van der Waals surface area (Å²) in [6.45, 7) is 0. The van der Waals surface area contributed by atoms with Gasteiger partial charge in [-0.3, -0.25) is 0 Å². The van der Waals surface area contributed by atoms with Gasteiger partial charge in [0.05, 0.1) is 0 Å². The van der Waals surface area contributed by atoms with Crippen LogP contribution >= 0.6 is 23.2 Å². The minimum atomic E-state index is -0.355. The van der Waals surface area contributed by atoms with Crippen LogP contribution in [0.1, 0.15) is 0 Å². The average Bonchev–Trinajstić information content (AvgIpc) is 2.20. The van der Waals surface area contributed by atoms with Crippen LogP contribution in [0, 0.1) is 5.82 Å². The Hall–Kier alpha value is -1.25. The number of nitrogens with two attached hydrogens (primary N) is 1. The van der Waals surface area contributed by atoms with Gasteiger partial charge in [0, 0.05) is 21.3 Å². The summed E-state index contributed by atoms with van der Waals surface area (Å²) in [5, 5.41) is 0.935. The molecule has 0 bridgehead atoms. The van der Waals surface area contributed by atoms with E-state index in [9.17, 15) is 4.39 Å². The highest BCUT2D eigenvalue weighted by atomic mass is 35.5. The molecule has 0 atom stereocenters. The van der Waals surface area contributed by atoms with E-state index in [0.717, 1.165) is 0 Å². The van der Waals surface area contributed by atoms with Crippen molar-refractivity contribution in [2.45, 2.75) is 0 Å². The lowest BCUT2D eigenvalue weighted by molar-refractivity contribution is 0.631. The van der Waals surface area contributed by atoms with Crippen molar-refractivity contribution in [3.63, 3.8) is 0 Å². The van der Waals surface area contributed by atoms with Gasteiger partial charge in [-0.2, -0.15) is 0 Å². The first-order valence-corrected chi connectivity index (χ1v) is 5.33. The molecule has 2 aromatic carbocycles. The highest BCUT2D eigenvalue weighted by Gasteiger charge is 2.07. The Morgan fingerprint density at radius 3 is 2.38 bits per heavy atom. The first-order valence-electron chi connectivity index (χ1n) is 4.58. The van der Waals surface area contributed by atoms with Gasteiger partial charge in [0.1, 0.15) is 5.82 Å². The summed E-state index contributed by atoms with van der Waals surface area (Å²) < 4.78 is 13.6. The second-order valence-electron chi connectivity index (χ2n) is 3.40. The Morgan fingerprint density at radius 2 is 1.69 bits per heavy atom. The molecule has 0 aliphatic carbocycles. The van der Waals surface area contributed by atoms with Crippen LogP contribution in [0.2, 0.25) is 10.0 Å². The standard InChI is InChI=1S/C12H8Cl2FN/c13-8-1-2-12(15)11(6-8)7-3-9(14)5-10(16)4-7/h1-6H,16H2. The van der Waals surface area contributed by atoms with Gasteiger partial charge >= 0.3 is 0 Å². The number of anilines is 1. The first kappa shape index (κ1) is 11.2. The zero-order valence-corrected chi connectivity index (χ0v) is 9.69. The fourth-order valence-corrected chi connectivity index (χ4v) is 1.90. The maximum Gasteiger partial charge on any atom is 0.131 e. The molecule has 16 heavy (non-hydrogen) atoms. The molecule has 0 spiro atoms. The molecule has 0 aliphatic rings. The maximum atomic E-state index is 13.6. The van der Waals surface area contributed by atoms with Crippen LogP contribution in [0.5, 0.6) is 0 Å². The number of rotatable bonds is 1. The second kappa shape index (κ2) is 4.32. The third-order valence-electron chi connectivity index (χ3n) is 2.16. The predicted octanol–water partition coefficient (Wildman–Crippen LogP) is 4.38. The normalized spacial score (nSPS) is 10.4. The topological polar surface area (TPSA) is 26.0 Å². The molecule has 0 unspecified atom stereocenters. The van der Waals surface area contributed by atoms with Crippen molar-refractivity contribution in [2.75, 3.05) is 5.73 Å². The van der Waals surface area contributed by atoms with E-state index < -0.39 is 0 Å². The third kappa shape index (κ3) is 2.29. The van der Waals surface area contributed by atoms with E-state index in [4.69, 9.17) is 28.9 Å². The molecule has 0 saturated carbocycles. The monoisotopic (exact) mass is 255 g/mol. The quantitative estimate of drug-likeness (QED) is 0.752. The zero-order valence-electron chi connectivity index (χ0n) is 8.18. The van der Waals surface area contributed by atoms with Gasteiger partial charge in [-0.25, -0.2) is 4.39 Å². The van der Waals surface area contributed by atoms with E-state index in [-0.39, 0.29) is 5.82 Å². The largest absolute Gasteiger partial charge is 0.399 e. The van der Waals surface area contributed by atoms with Gasteiger partial charge in [-0.1, -0.05) is 23.2 Å². The molecule has 0 saturated heterocycles. The molecule has 4 heteroatoms. The van der Waals surface area contributed by atoms with Crippen molar-refractivity contribution < 1.29 is 4.39 Å². The summed E-state index contributed by atoms with van der Waals surface area (Å²) in [5.41, 5.74) is 7.14. The third-order valence-corrected chi connectivity index (χ3v) is 2.61. The molecule has 0 heterocycles. The van der Waals surface area contributed by atoms with E-state index in [0.29, 0.717) is 26.9 Å². The van der Waals surface area contributed by atoms with Gasteiger partial charge in [-0.15, -0.1) is 0 Å². The molecule has 0 radical (unpaired) electrons. The van der Waals surface area contributed by atoms with Crippen LogP contribution in [0.3, 0.4) is 0 Å². The molecule has 1 nitrogen and oxygen atoms in total. The van der Waals surface area contributed by atoms with Gasteiger partial charge < -0.3 is 5.73 Å². The number of nitrogen functional groups attached to an aromatic ring is 1. The van der Waals surface area contributed by atoms with Crippen molar-refractivity contribution in [1.29, 1.82) is 0 Å². The van der Waals surface area contributed by atoms with Gasteiger partial charge in [0.15, 0.2) is 0 Å². The van der Waals surface area contributed by atoms with Crippen LogP contribution in [-0.2, 0) is 0 Å².